The number of thiophene rings is 1. The molecule has 0 spiro atoms. The number of piperazine rings is 1. The standard InChI is InChI=1S/C29H35N9O3S/c1-5-23(39)38-13-11-37(12-14-38)22-15-19(32-28(33-22)40-17(2)20-7-6-10-36(20)4)26-34-27(41-35-26)29(3)9-8-21-24(29)18(16-30)25(31)42-21/h5,15,17,20H,1,6-14,31H2,2-4H3/t17-,20-,29?/m0/s1. The molecule has 1 unspecified atom stereocenters. The van der Waals surface area contributed by atoms with E-state index in [9.17, 15) is 10.1 Å². The molecule has 6 rings (SSSR count). The summed E-state index contributed by atoms with van der Waals surface area (Å²) in [5.74, 6) is 1.34. The van der Waals surface area contributed by atoms with Gasteiger partial charge in [-0.05, 0) is 59.2 Å². The van der Waals surface area contributed by atoms with Crippen LogP contribution in [0.5, 0.6) is 6.01 Å². The molecule has 2 saturated heterocycles. The molecule has 0 aromatic carbocycles. The number of aromatic nitrogens is 4. The molecule has 1 aliphatic carbocycles. The molecule has 0 saturated carbocycles. The summed E-state index contributed by atoms with van der Waals surface area (Å²) in [5, 5.41) is 14.6. The summed E-state index contributed by atoms with van der Waals surface area (Å²) in [5.41, 5.74) is 7.39. The van der Waals surface area contributed by atoms with Crippen molar-refractivity contribution in [3.63, 3.8) is 0 Å². The van der Waals surface area contributed by atoms with Crippen molar-refractivity contribution in [1.82, 2.24) is 29.9 Å². The van der Waals surface area contributed by atoms with E-state index in [1.165, 1.54) is 17.4 Å². The number of aryl methyl sites for hydroxylation is 1. The second-order valence-corrected chi connectivity index (χ2v) is 12.6. The number of nitrogens with two attached hydrogens (primary N) is 1. The predicted octanol–water partition coefficient (Wildman–Crippen LogP) is 2.99. The number of nitriles is 1. The Kier molecular flexibility index (Phi) is 7.36. The number of rotatable bonds is 7. The van der Waals surface area contributed by atoms with Gasteiger partial charge in [-0.1, -0.05) is 11.7 Å². The lowest BCUT2D eigenvalue weighted by Crippen LogP contribution is -2.48. The lowest BCUT2D eigenvalue weighted by Gasteiger charge is -2.35. The Hall–Kier alpha value is -4.02. The topological polar surface area (TPSA) is 151 Å². The Labute approximate surface area is 248 Å². The number of carbonyl (C=O) groups excluding carboxylic acids is 1. The Bertz CT molecular complexity index is 1550. The molecule has 12 nitrogen and oxygen atoms in total. The highest BCUT2D eigenvalue weighted by Gasteiger charge is 2.45. The Morgan fingerprint density at radius 2 is 2.10 bits per heavy atom. The number of nitrogens with zero attached hydrogens (tertiary/aromatic N) is 8. The fourth-order valence-corrected chi connectivity index (χ4v) is 7.57. The van der Waals surface area contributed by atoms with Crippen LogP contribution in [-0.4, -0.2) is 87.7 Å². The van der Waals surface area contributed by atoms with Gasteiger partial charge in [0, 0.05) is 48.7 Å². The van der Waals surface area contributed by atoms with Crippen LogP contribution in [0.25, 0.3) is 11.5 Å². The van der Waals surface area contributed by atoms with Crippen molar-refractivity contribution in [2.45, 2.75) is 57.1 Å². The average molecular weight is 590 g/mol. The van der Waals surface area contributed by atoms with E-state index in [1.54, 1.807) is 4.90 Å². The van der Waals surface area contributed by atoms with Crippen LogP contribution < -0.4 is 15.4 Å². The summed E-state index contributed by atoms with van der Waals surface area (Å²) < 4.78 is 12.2. The summed E-state index contributed by atoms with van der Waals surface area (Å²) in [6.45, 7) is 11.0. The highest BCUT2D eigenvalue weighted by atomic mass is 32.1. The molecule has 2 aliphatic heterocycles. The van der Waals surface area contributed by atoms with E-state index < -0.39 is 5.41 Å². The van der Waals surface area contributed by atoms with Crippen molar-refractivity contribution in [3.8, 4) is 23.6 Å². The number of fused-ring (bicyclic) bond motifs is 1. The number of carbonyl (C=O) groups is 1. The van der Waals surface area contributed by atoms with Gasteiger partial charge < -0.3 is 24.8 Å². The first kappa shape index (κ1) is 28.1. The SMILES string of the molecule is C=CC(=O)N1CCN(c2cc(-c3noc(C4(C)CCc5sc(N)c(C#N)c54)n3)nc(O[C@@H](C)[C@@H]3CCCN3C)n2)CC1. The molecule has 0 radical (unpaired) electrons. The van der Waals surface area contributed by atoms with Crippen LogP contribution in [0.1, 0.15) is 55.0 Å². The summed E-state index contributed by atoms with van der Waals surface area (Å²) in [6, 6.07) is 4.63. The van der Waals surface area contributed by atoms with Crippen LogP contribution >= 0.6 is 11.3 Å². The van der Waals surface area contributed by atoms with Crippen molar-refractivity contribution in [2.75, 3.05) is 50.4 Å². The molecular weight excluding hydrogens is 554 g/mol. The van der Waals surface area contributed by atoms with Gasteiger partial charge in [0.05, 0.1) is 11.0 Å². The Balaban J connectivity index is 1.33. The number of amides is 1. The van der Waals surface area contributed by atoms with E-state index in [-0.39, 0.29) is 24.1 Å². The monoisotopic (exact) mass is 589 g/mol. The van der Waals surface area contributed by atoms with Gasteiger partial charge in [0.25, 0.3) is 0 Å². The van der Waals surface area contributed by atoms with Gasteiger partial charge in [-0.15, -0.1) is 11.3 Å². The van der Waals surface area contributed by atoms with Gasteiger partial charge in [0.1, 0.15) is 28.7 Å². The third-order valence-electron chi connectivity index (χ3n) is 8.84. The number of likely N-dealkylation sites (tertiary alicyclic amines) is 1. The number of ether oxygens (including phenoxy) is 1. The van der Waals surface area contributed by atoms with E-state index in [2.05, 4.69) is 34.7 Å². The Morgan fingerprint density at radius 3 is 2.79 bits per heavy atom. The van der Waals surface area contributed by atoms with Crippen molar-refractivity contribution < 1.29 is 14.1 Å². The van der Waals surface area contributed by atoms with Crippen molar-refractivity contribution in [1.29, 1.82) is 5.26 Å². The van der Waals surface area contributed by atoms with Crippen molar-refractivity contribution >= 4 is 28.1 Å². The van der Waals surface area contributed by atoms with Gasteiger partial charge in [0.15, 0.2) is 0 Å². The molecule has 42 heavy (non-hydrogen) atoms. The third-order valence-corrected chi connectivity index (χ3v) is 9.92. The van der Waals surface area contributed by atoms with Gasteiger partial charge >= 0.3 is 6.01 Å². The molecule has 3 aromatic heterocycles. The maximum Gasteiger partial charge on any atom is 0.319 e. The molecule has 220 valence electrons. The molecule has 2 N–H and O–H groups in total. The largest absolute Gasteiger partial charge is 0.459 e. The molecule has 0 bridgehead atoms. The van der Waals surface area contributed by atoms with E-state index in [0.717, 1.165) is 42.7 Å². The number of nitrogen functional groups attached to an aromatic ring is 1. The number of likely N-dealkylation sites (N-methyl/N-ethyl adjacent to an activating group) is 1. The normalized spacial score (nSPS) is 23.0. The first-order chi connectivity index (χ1) is 20.2. The second kappa shape index (κ2) is 11.0. The molecule has 5 heterocycles. The lowest BCUT2D eigenvalue weighted by atomic mass is 9.83. The van der Waals surface area contributed by atoms with Crippen LogP contribution in [0, 0.1) is 11.3 Å². The van der Waals surface area contributed by atoms with E-state index in [1.807, 2.05) is 19.9 Å². The van der Waals surface area contributed by atoms with Crippen molar-refractivity contribution in [3.05, 3.63) is 40.6 Å². The highest BCUT2D eigenvalue weighted by molar-refractivity contribution is 7.16. The molecule has 1 amide bonds. The average Bonchev–Trinajstić information content (AvgIpc) is 3.78. The number of anilines is 2. The van der Waals surface area contributed by atoms with Crippen LogP contribution in [0.4, 0.5) is 10.8 Å². The van der Waals surface area contributed by atoms with Crippen LogP contribution in [0.15, 0.2) is 23.2 Å². The van der Waals surface area contributed by atoms with E-state index >= 15 is 0 Å². The van der Waals surface area contributed by atoms with E-state index in [0.29, 0.717) is 60.0 Å². The first-order valence-electron chi connectivity index (χ1n) is 14.3. The van der Waals surface area contributed by atoms with Gasteiger partial charge in [0.2, 0.25) is 17.6 Å². The Morgan fingerprint density at radius 1 is 1.31 bits per heavy atom. The summed E-state index contributed by atoms with van der Waals surface area (Å²) >= 11 is 1.46. The molecule has 13 heteroatoms. The lowest BCUT2D eigenvalue weighted by molar-refractivity contribution is -0.126. The van der Waals surface area contributed by atoms with Crippen LogP contribution in [0.2, 0.25) is 0 Å². The van der Waals surface area contributed by atoms with Crippen molar-refractivity contribution in [2.24, 2.45) is 0 Å². The number of hydrogen-bond donors (Lipinski definition) is 1. The fraction of sp³-hybridized carbons (Fsp3) is 0.517. The third kappa shape index (κ3) is 4.88. The minimum absolute atomic E-state index is 0.0774. The maximum absolute atomic E-state index is 12.1. The molecule has 3 atom stereocenters. The number of hydrogen-bond acceptors (Lipinski definition) is 12. The molecular formula is C29H35N9O3S. The minimum Gasteiger partial charge on any atom is -0.459 e. The second-order valence-electron chi connectivity index (χ2n) is 11.4. The van der Waals surface area contributed by atoms with Gasteiger partial charge in [-0.2, -0.15) is 20.2 Å². The minimum atomic E-state index is -0.620. The van der Waals surface area contributed by atoms with Crippen LogP contribution in [0.3, 0.4) is 0 Å². The zero-order chi connectivity index (χ0) is 29.6. The summed E-state index contributed by atoms with van der Waals surface area (Å²) in [6.07, 6.45) is 4.95. The maximum atomic E-state index is 12.1. The molecule has 2 fully saturated rings. The molecule has 3 aromatic rings. The summed E-state index contributed by atoms with van der Waals surface area (Å²) in [7, 11) is 2.11. The quantitative estimate of drug-likeness (QED) is 0.405. The zero-order valence-electron chi connectivity index (χ0n) is 24.2. The zero-order valence-corrected chi connectivity index (χ0v) is 25.0. The van der Waals surface area contributed by atoms with Gasteiger partial charge in [-0.3, -0.25) is 9.69 Å². The van der Waals surface area contributed by atoms with E-state index in [4.69, 9.17) is 29.9 Å². The fourth-order valence-electron chi connectivity index (χ4n) is 6.42. The predicted molar refractivity (Wildman–Crippen MR) is 158 cm³/mol. The molecule has 3 aliphatic rings. The smallest absolute Gasteiger partial charge is 0.319 e. The van der Waals surface area contributed by atoms with Crippen LogP contribution in [-0.2, 0) is 16.6 Å². The van der Waals surface area contributed by atoms with Gasteiger partial charge in [-0.25, -0.2) is 0 Å². The first-order valence-corrected chi connectivity index (χ1v) is 15.1. The summed E-state index contributed by atoms with van der Waals surface area (Å²) in [4.78, 5) is 33.7. The highest BCUT2D eigenvalue weighted by Crippen LogP contribution is 2.50.